The fourth-order valence-electron chi connectivity index (χ4n) is 3.09. The highest BCUT2D eigenvalue weighted by molar-refractivity contribution is 5.92. The van der Waals surface area contributed by atoms with E-state index < -0.39 is 0 Å². The molecule has 6 nitrogen and oxygen atoms in total. The normalized spacial score (nSPS) is 14.1. The third-order valence-electron chi connectivity index (χ3n) is 4.71. The fourth-order valence-corrected chi connectivity index (χ4v) is 3.09. The molecule has 3 rings (SSSR count). The third-order valence-corrected chi connectivity index (χ3v) is 4.71. The summed E-state index contributed by atoms with van der Waals surface area (Å²) in [5.74, 6) is -0.450. The molecule has 1 saturated heterocycles. The van der Waals surface area contributed by atoms with Crippen LogP contribution in [-0.4, -0.2) is 54.4 Å². The molecule has 27 heavy (non-hydrogen) atoms. The molecule has 0 spiro atoms. The lowest BCUT2D eigenvalue weighted by Crippen LogP contribution is -2.48. The van der Waals surface area contributed by atoms with E-state index >= 15 is 0 Å². The molecule has 7 heteroatoms. The maximum absolute atomic E-state index is 13.6. The second-order valence-corrected chi connectivity index (χ2v) is 6.49. The highest BCUT2D eigenvalue weighted by Crippen LogP contribution is 2.16. The van der Waals surface area contributed by atoms with Crippen LogP contribution in [0.25, 0.3) is 0 Å². The molecule has 0 saturated carbocycles. The summed E-state index contributed by atoms with van der Waals surface area (Å²) in [6.07, 6.45) is 2.10. The maximum Gasteiger partial charge on any atom is 0.269 e. The second kappa shape index (κ2) is 8.62. The van der Waals surface area contributed by atoms with Crippen LogP contribution in [0, 0.1) is 5.82 Å². The summed E-state index contributed by atoms with van der Waals surface area (Å²) in [6.45, 7) is 4.79. The molecular formula is C20H23FN4O2. The molecule has 2 aromatic rings. The average molecular weight is 370 g/mol. The lowest BCUT2D eigenvalue weighted by molar-refractivity contribution is -0.129. The number of hydrogen-bond donors (Lipinski definition) is 1. The first-order valence-corrected chi connectivity index (χ1v) is 9.02. The summed E-state index contributed by atoms with van der Waals surface area (Å²) < 4.78 is 13.6. The number of benzene rings is 1. The molecule has 0 unspecified atom stereocenters. The first-order chi connectivity index (χ1) is 13.0. The summed E-state index contributed by atoms with van der Waals surface area (Å²) in [6, 6.07) is 10.1. The fraction of sp³-hybridized carbons (Fsp3) is 0.350. The van der Waals surface area contributed by atoms with Crippen molar-refractivity contribution < 1.29 is 14.0 Å². The van der Waals surface area contributed by atoms with Crippen LogP contribution in [0.15, 0.2) is 42.6 Å². The zero-order valence-corrected chi connectivity index (χ0v) is 15.3. The molecule has 142 valence electrons. The Kier molecular flexibility index (Phi) is 6.01. The number of aromatic nitrogens is 1. The van der Waals surface area contributed by atoms with Gasteiger partial charge in [-0.15, -0.1) is 0 Å². The van der Waals surface area contributed by atoms with E-state index in [0.717, 1.165) is 18.8 Å². The van der Waals surface area contributed by atoms with Crippen molar-refractivity contribution in [3.8, 4) is 0 Å². The number of nitrogens with one attached hydrogen (secondary N) is 1. The van der Waals surface area contributed by atoms with E-state index in [1.54, 1.807) is 37.4 Å². The van der Waals surface area contributed by atoms with Gasteiger partial charge in [0.05, 0.1) is 11.9 Å². The van der Waals surface area contributed by atoms with Gasteiger partial charge in [0.25, 0.3) is 5.91 Å². The Hall–Kier alpha value is -2.96. The van der Waals surface area contributed by atoms with Crippen molar-refractivity contribution in [1.82, 2.24) is 15.2 Å². The van der Waals surface area contributed by atoms with Crippen LogP contribution < -0.4 is 10.2 Å². The Morgan fingerprint density at radius 3 is 2.48 bits per heavy atom. The maximum atomic E-state index is 13.6. The van der Waals surface area contributed by atoms with Crippen LogP contribution in [-0.2, 0) is 11.2 Å². The molecule has 1 aliphatic heterocycles. The standard InChI is InChI=1S/C20H23FN4O2/c1-15(26)24-10-12-25(13-11-24)17-6-7-19(23-14-17)20(27)22-9-8-16-4-2-3-5-18(16)21/h2-7,14H,8-13H2,1H3,(H,22,27). The summed E-state index contributed by atoms with van der Waals surface area (Å²) in [5, 5.41) is 2.77. The van der Waals surface area contributed by atoms with E-state index in [1.165, 1.54) is 6.07 Å². The van der Waals surface area contributed by atoms with Crippen LogP contribution in [0.2, 0.25) is 0 Å². The zero-order valence-electron chi connectivity index (χ0n) is 15.3. The van der Waals surface area contributed by atoms with Crippen LogP contribution in [0.1, 0.15) is 23.0 Å². The molecule has 0 radical (unpaired) electrons. The number of hydrogen-bond acceptors (Lipinski definition) is 4. The average Bonchev–Trinajstić information content (AvgIpc) is 2.69. The first kappa shape index (κ1) is 18.8. The summed E-state index contributed by atoms with van der Waals surface area (Å²) in [4.78, 5) is 31.8. The van der Waals surface area contributed by atoms with E-state index in [2.05, 4.69) is 15.2 Å². The lowest BCUT2D eigenvalue weighted by Gasteiger charge is -2.35. The first-order valence-electron chi connectivity index (χ1n) is 9.02. The predicted octanol–water partition coefficient (Wildman–Crippen LogP) is 1.86. The van der Waals surface area contributed by atoms with Gasteiger partial charge in [0.2, 0.25) is 5.91 Å². The number of nitrogens with zero attached hydrogens (tertiary/aromatic N) is 3. The summed E-state index contributed by atoms with van der Waals surface area (Å²) >= 11 is 0. The highest BCUT2D eigenvalue weighted by Gasteiger charge is 2.19. The molecular weight excluding hydrogens is 347 g/mol. The van der Waals surface area contributed by atoms with Gasteiger partial charge in [-0.05, 0) is 30.2 Å². The molecule has 1 aromatic heterocycles. The third kappa shape index (κ3) is 4.81. The van der Waals surface area contributed by atoms with E-state index in [4.69, 9.17) is 0 Å². The van der Waals surface area contributed by atoms with Gasteiger partial charge in [0, 0.05) is 39.6 Å². The van der Waals surface area contributed by atoms with Crippen molar-refractivity contribution in [1.29, 1.82) is 0 Å². The zero-order chi connectivity index (χ0) is 19.2. The van der Waals surface area contributed by atoms with Gasteiger partial charge in [-0.2, -0.15) is 0 Å². The second-order valence-electron chi connectivity index (χ2n) is 6.49. The Morgan fingerprint density at radius 1 is 1.11 bits per heavy atom. The van der Waals surface area contributed by atoms with E-state index in [-0.39, 0.29) is 17.6 Å². The van der Waals surface area contributed by atoms with Gasteiger partial charge in [0.1, 0.15) is 11.5 Å². The van der Waals surface area contributed by atoms with Gasteiger partial charge < -0.3 is 15.1 Å². The minimum atomic E-state index is -0.278. The Balaban J connectivity index is 1.50. The molecule has 0 atom stereocenters. The summed E-state index contributed by atoms with van der Waals surface area (Å²) in [7, 11) is 0. The molecule has 1 fully saturated rings. The number of pyridine rings is 1. The van der Waals surface area contributed by atoms with Crippen LogP contribution >= 0.6 is 0 Å². The number of carbonyl (C=O) groups is 2. The monoisotopic (exact) mass is 370 g/mol. The highest BCUT2D eigenvalue weighted by atomic mass is 19.1. The Labute approximate surface area is 158 Å². The molecule has 1 aromatic carbocycles. The van der Waals surface area contributed by atoms with Crippen molar-refractivity contribution in [2.45, 2.75) is 13.3 Å². The number of amides is 2. The number of piperazine rings is 1. The van der Waals surface area contributed by atoms with Gasteiger partial charge >= 0.3 is 0 Å². The SMILES string of the molecule is CC(=O)N1CCN(c2ccc(C(=O)NCCc3ccccc3F)nc2)CC1. The number of rotatable bonds is 5. The van der Waals surface area contributed by atoms with Crippen molar-refractivity contribution in [3.05, 3.63) is 59.7 Å². The van der Waals surface area contributed by atoms with Crippen molar-refractivity contribution in [2.24, 2.45) is 0 Å². The van der Waals surface area contributed by atoms with Crippen molar-refractivity contribution in [3.63, 3.8) is 0 Å². The van der Waals surface area contributed by atoms with Crippen molar-refractivity contribution >= 4 is 17.5 Å². The van der Waals surface area contributed by atoms with Gasteiger partial charge in [-0.25, -0.2) is 9.37 Å². The smallest absolute Gasteiger partial charge is 0.269 e. The molecule has 2 heterocycles. The van der Waals surface area contributed by atoms with E-state index in [9.17, 15) is 14.0 Å². The molecule has 1 aliphatic rings. The Morgan fingerprint density at radius 2 is 1.85 bits per heavy atom. The van der Waals surface area contributed by atoms with Crippen LogP contribution in [0.3, 0.4) is 0 Å². The quantitative estimate of drug-likeness (QED) is 0.873. The minimum Gasteiger partial charge on any atom is -0.367 e. The summed E-state index contributed by atoms with van der Waals surface area (Å²) in [5.41, 5.74) is 1.83. The van der Waals surface area contributed by atoms with Crippen molar-refractivity contribution in [2.75, 3.05) is 37.6 Å². The Bertz CT molecular complexity index is 802. The largest absolute Gasteiger partial charge is 0.367 e. The number of anilines is 1. The topological polar surface area (TPSA) is 65.5 Å². The predicted molar refractivity (Wildman–Crippen MR) is 101 cm³/mol. The molecule has 0 aliphatic carbocycles. The molecule has 0 bridgehead atoms. The minimum absolute atomic E-state index is 0.0928. The van der Waals surface area contributed by atoms with E-state index in [1.807, 2.05) is 11.0 Å². The number of carbonyl (C=O) groups excluding carboxylic acids is 2. The van der Waals surface area contributed by atoms with Crippen LogP contribution in [0.5, 0.6) is 0 Å². The van der Waals surface area contributed by atoms with Gasteiger partial charge in [-0.3, -0.25) is 9.59 Å². The lowest BCUT2D eigenvalue weighted by atomic mass is 10.1. The van der Waals surface area contributed by atoms with Crippen LogP contribution in [0.4, 0.5) is 10.1 Å². The van der Waals surface area contributed by atoms with Gasteiger partial charge in [-0.1, -0.05) is 18.2 Å². The number of halogens is 1. The van der Waals surface area contributed by atoms with Gasteiger partial charge in [0.15, 0.2) is 0 Å². The molecule has 2 amide bonds. The van der Waals surface area contributed by atoms with E-state index in [0.29, 0.717) is 37.3 Å². The molecule has 1 N–H and O–H groups in total.